The van der Waals surface area contributed by atoms with Gasteiger partial charge in [0.25, 0.3) is 5.69 Å². The number of non-ortho nitro benzene ring substituents is 1. The van der Waals surface area contributed by atoms with E-state index >= 15 is 0 Å². The van der Waals surface area contributed by atoms with E-state index in [2.05, 4.69) is 12.2 Å². The summed E-state index contributed by atoms with van der Waals surface area (Å²) >= 11 is 0. The molecule has 20 heavy (non-hydrogen) atoms. The number of carbonyl (C=O) groups excluding carboxylic acids is 1. The number of nitrogens with one attached hydrogen (secondary N) is 1. The van der Waals surface area contributed by atoms with Gasteiger partial charge in [-0.25, -0.2) is 0 Å². The molecule has 5 nitrogen and oxygen atoms in total. The average molecular weight is 274 g/mol. The number of fused-ring (bicyclic) bond motifs is 1. The highest BCUT2D eigenvalue weighted by molar-refractivity contribution is 6.03. The molecule has 1 N–H and O–H groups in total. The van der Waals surface area contributed by atoms with Crippen molar-refractivity contribution in [2.75, 3.05) is 5.32 Å². The Morgan fingerprint density at radius 2 is 1.95 bits per heavy atom. The van der Waals surface area contributed by atoms with Gasteiger partial charge in [-0.1, -0.05) is 19.8 Å². The highest BCUT2D eigenvalue weighted by Crippen LogP contribution is 2.45. The summed E-state index contributed by atoms with van der Waals surface area (Å²) < 4.78 is 0. The van der Waals surface area contributed by atoms with Gasteiger partial charge in [0.15, 0.2) is 0 Å². The molecule has 1 unspecified atom stereocenters. The Hall–Kier alpha value is -1.91. The average Bonchev–Trinajstić information content (AvgIpc) is 2.75. The van der Waals surface area contributed by atoms with E-state index in [1.54, 1.807) is 12.1 Å². The Kier molecular flexibility index (Phi) is 3.20. The molecule has 1 aliphatic carbocycles. The topological polar surface area (TPSA) is 72.2 Å². The third kappa shape index (κ3) is 2.17. The van der Waals surface area contributed by atoms with Crippen LogP contribution in [-0.2, 0) is 4.79 Å². The van der Waals surface area contributed by atoms with Crippen LogP contribution in [0.5, 0.6) is 0 Å². The van der Waals surface area contributed by atoms with Gasteiger partial charge in [0.05, 0.1) is 10.8 Å². The number of benzene rings is 1. The van der Waals surface area contributed by atoms with E-state index in [-0.39, 0.29) is 17.5 Å². The van der Waals surface area contributed by atoms with Gasteiger partial charge < -0.3 is 5.32 Å². The van der Waals surface area contributed by atoms with Gasteiger partial charge in [0, 0.05) is 17.8 Å². The molecular weight excluding hydrogens is 256 g/mol. The summed E-state index contributed by atoms with van der Waals surface area (Å²) in [5.74, 6) is 0.826. The number of rotatable bonds is 2. The number of amides is 1. The molecule has 3 rings (SSSR count). The second-order valence-electron chi connectivity index (χ2n) is 6.02. The molecule has 2 aliphatic rings. The molecule has 0 radical (unpaired) electrons. The zero-order chi connectivity index (χ0) is 14.3. The van der Waals surface area contributed by atoms with Crippen LogP contribution in [0.1, 0.15) is 44.1 Å². The molecule has 0 saturated heterocycles. The highest BCUT2D eigenvalue weighted by atomic mass is 16.6. The number of anilines is 1. The van der Waals surface area contributed by atoms with E-state index in [9.17, 15) is 14.9 Å². The van der Waals surface area contributed by atoms with Gasteiger partial charge in [0.2, 0.25) is 5.91 Å². The third-order valence-corrected chi connectivity index (χ3v) is 4.65. The van der Waals surface area contributed by atoms with E-state index in [4.69, 9.17) is 0 Å². The van der Waals surface area contributed by atoms with Crippen LogP contribution in [0.3, 0.4) is 0 Å². The third-order valence-electron chi connectivity index (χ3n) is 4.65. The zero-order valence-electron chi connectivity index (χ0n) is 11.5. The van der Waals surface area contributed by atoms with Crippen LogP contribution in [0.15, 0.2) is 18.2 Å². The molecule has 1 atom stereocenters. The molecule has 1 heterocycles. The largest absolute Gasteiger partial charge is 0.325 e. The van der Waals surface area contributed by atoms with Crippen molar-refractivity contribution in [3.63, 3.8) is 0 Å². The van der Waals surface area contributed by atoms with Crippen molar-refractivity contribution in [3.8, 4) is 0 Å². The maximum atomic E-state index is 12.2. The fourth-order valence-electron chi connectivity index (χ4n) is 3.47. The highest BCUT2D eigenvalue weighted by Gasteiger charge is 2.38. The Bertz CT molecular complexity index is 562. The first kappa shape index (κ1) is 13.1. The molecule has 0 bridgehead atoms. The monoisotopic (exact) mass is 274 g/mol. The van der Waals surface area contributed by atoms with Crippen LogP contribution >= 0.6 is 0 Å². The number of nitrogens with zero attached hydrogens (tertiary/aromatic N) is 1. The summed E-state index contributed by atoms with van der Waals surface area (Å²) in [6.45, 7) is 2.24. The van der Waals surface area contributed by atoms with Gasteiger partial charge in [-0.3, -0.25) is 14.9 Å². The lowest BCUT2D eigenvalue weighted by Crippen LogP contribution is -2.24. The van der Waals surface area contributed by atoms with Gasteiger partial charge in [0.1, 0.15) is 0 Å². The molecule has 1 aliphatic heterocycles. The van der Waals surface area contributed by atoms with E-state index < -0.39 is 4.92 Å². The number of hydrogen-bond donors (Lipinski definition) is 1. The van der Waals surface area contributed by atoms with E-state index in [1.807, 2.05) is 0 Å². The SMILES string of the molecule is CC1CCC(C2C(=O)Nc3ccc([N+](=O)[O-])cc32)CC1. The fourth-order valence-corrected chi connectivity index (χ4v) is 3.47. The van der Waals surface area contributed by atoms with Crippen molar-refractivity contribution in [3.05, 3.63) is 33.9 Å². The van der Waals surface area contributed by atoms with Crippen LogP contribution in [-0.4, -0.2) is 10.8 Å². The molecule has 1 saturated carbocycles. The summed E-state index contributed by atoms with van der Waals surface area (Å²) in [6, 6.07) is 4.66. The molecule has 0 spiro atoms. The number of carbonyl (C=O) groups is 1. The van der Waals surface area contributed by atoms with Crippen molar-refractivity contribution < 1.29 is 9.72 Å². The maximum Gasteiger partial charge on any atom is 0.269 e. The smallest absolute Gasteiger partial charge is 0.269 e. The van der Waals surface area contributed by atoms with Crippen LogP contribution < -0.4 is 5.32 Å². The lowest BCUT2D eigenvalue weighted by atomic mass is 9.74. The van der Waals surface area contributed by atoms with E-state index in [0.717, 1.165) is 42.9 Å². The second kappa shape index (κ2) is 4.89. The molecule has 1 amide bonds. The Morgan fingerprint density at radius 3 is 2.60 bits per heavy atom. The van der Waals surface area contributed by atoms with Crippen molar-refractivity contribution in [2.24, 2.45) is 11.8 Å². The van der Waals surface area contributed by atoms with Crippen molar-refractivity contribution in [2.45, 2.75) is 38.5 Å². The fraction of sp³-hybridized carbons (Fsp3) is 0.533. The maximum absolute atomic E-state index is 12.2. The van der Waals surface area contributed by atoms with Crippen molar-refractivity contribution in [1.82, 2.24) is 0 Å². The summed E-state index contributed by atoms with van der Waals surface area (Å²) in [5.41, 5.74) is 1.61. The Balaban J connectivity index is 1.92. The lowest BCUT2D eigenvalue weighted by molar-refractivity contribution is -0.384. The normalized spacial score (nSPS) is 28.9. The summed E-state index contributed by atoms with van der Waals surface area (Å²) in [6.07, 6.45) is 4.33. The molecule has 0 aromatic heterocycles. The van der Waals surface area contributed by atoms with Crippen LogP contribution in [0.2, 0.25) is 0 Å². The van der Waals surface area contributed by atoms with Gasteiger partial charge in [-0.05, 0) is 36.3 Å². The molecule has 5 heteroatoms. The van der Waals surface area contributed by atoms with Crippen LogP contribution in [0.4, 0.5) is 11.4 Å². The first-order valence-corrected chi connectivity index (χ1v) is 7.15. The molecule has 1 fully saturated rings. The standard InChI is InChI=1S/C15H18N2O3/c1-9-2-4-10(5-3-9)14-12-8-11(17(19)20)6-7-13(12)16-15(14)18/h6-10,14H,2-5H2,1H3,(H,16,18). The summed E-state index contributed by atoms with van der Waals surface area (Å²) in [4.78, 5) is 22.7. The second-order valence-corrected chi connectivity index (χ2v) is 6.02. The van der Waals surface area contributed by atoms with Gasteiger partial charge >= 0.3 is 0 Å². The van der Waals surface area contributed by atoms with Crippen molar-refractivity contribution in [1.29, 1.82) is 0 Å². The predicted molar refractivity (Wildman–Crippen MR) is 75.6 cm³/mol. The molecule has 1 aromatic carbocycles. The Labute approximate surface area is 117 Å². The number of nitro benzene ring substituents is 1. The molecule has 106 valence electrons. The lowest BCUT2D eigenvalue weighted by Gasteiger charge is -2.29. The molecule has 1 aromatic rings. The van der Waals surface area contributed by atoms with Crippen molar-refractivity contribution >= 4 is 17.3 Å². The minimum atomic E-state index is -0.400. The number of nitro groups is 1. The Morgan fingerprint density at radius 1 is 1.25 bits per heavy atom. The van der Waals surface area contributed by atoms with Gasteiger partial charge in [-0.2, -0.15) is 0 Å². The minimum Gasteiger partial charge on any atom is -0.325 e. The van der Waals surface area contributed by atoms with E-state index in [0.29, 0.717) is 5.92 Å². The van der Waals surface area contributed by atoms with E-state index in [1.165, 1.54) is 6.07 Å². The first-order valence-electron chi connectivity index (χ1n) is 7.15. The minimum absolute atomic E-state index is 0.0000472. The zero-order valence-corrected chi connectivity index (χ0v) is 11.5. The predicted octanol–water partition coefficient (Wildman–Crippen LogP) is 3.46. The number of hydrogen-bond acceptors (Lipinski definition) is 3. The quantitative estimate of drug-likeness (QED) is 0.663. The first-order chi connectivity index (χ1) is 9.56. The van der Waals surface area contributed by atoms with Crippen LogP contribution in [0, 0.1) is 22.0 Å². The molecular formula is C15H18N2O3. The summed E-state index contributed by atoms with van der Waals surface area (Å²) in [7, 11) is 0. The van der Waals surface area contributed by atoms with Gasteiger partial charge in [-0.15, -0.1) is 0 Å². The summed E-state index contributed by atoms with van der Waals surface area (Å²) in [5, 5.41) is 13.8. The van der Waals surface area contributed by atoms with Crippen LogP contribution in [0.25, 0.3) is 0 Å².